The quantitative estimate of drug-likeness (QED) is 0.355. The third kappa shape index (κ3) is 3.08. The Bertz CT molecular complexity index is 846. The number of aryl methyl sites for hydroxylation is 1. The molecule has 0 saturated carbocycles. The second-order valence-corrected chi connectivity index (χ2v) is 6.95. The zero-order valence-electron chi connectivity index (χ0n) is 14.9. The van der Waals surface area contributed by atoms with Crippen LogP contribution in [0.4, 0.5) is 17.6 Å². The van der Waals surface area contributed by atoms with Crippen LogP contribution in [0.3, 0.4) is 0 Å². The number of aromatic nitrogens is 1. The summed E-state index contributed by atoms with van der Waals surface area (Å²) in [4.78, 5) is 16.7. The number of carbonyl (C=O) groups excluding carboxylic acids is 1. The first-order valence-electron chi connectivity index (χ1n) is 8.97. The van der Waals surface area contributed by atoms with Crippen molar-refractivity contribution in [2.24, 2.45) is 0 Å². The van der Waals surface area contributed by atoms with Crippen molar-refractivity contribution < 1.29 is 22.4 Å². The Morgan fingerprint density at radius 1 is 1.12 bits per heavy atom. The molecule has 2 aromatic rings. The number of likely N-dealkylation sites (N-methyl/N-ethyl adjacent to an activating group) is 1. The molecule has 1 atom stereocenters. The highest BCUT2D eigenvalue weighted by atomic mass is 19.2. The molecule has 1 aromatic carbocycles. The fourth-order valence-corrected chi connectivity index (χ4v) is 3.73. The lowest BCUT2D eigenvalue weighted by Gasteiger charge is -2.31. The Balaban J connectivity index is 1.89. The molecule has 0 spiro atoms. The van der Waals surface area contributed by atoms with Gasteiger partial charge in [0.05, 0.1) is 5.52 Å². The Morgan fingerprint density at radius 3 is 2.50 bits per heavy atom. The van der Waals surface area contributed by atoms with Gasteiger partial charge >= 0.3 is 0 Å². The number of halogens is 4. The molecule has 1 amide bonds. The molecule has 1 N–H and O–H groups in total. The second kappa shape index (κ2) is 7.29. The van der Waals surface area contributed by atoms with Crippen LogP contribution in [0.15, 0.2) is 0 Å². The summed E-state index contributed by atoms with van der Waals surface area (Å²) in [7, 11) is 1.70. The van der Waals surface area contributed by atoms with E-state index in [4.69, 9.17) is 0 Å². The fourth-order valence-electron chi connectivity index (χ4n) is 3.73. The van der Waals surface area contributed by atoms with E-state index in [-0.39, 0.29) is 29.3 Å². The van der Waals surface area contributed by atoms with Crippen molar-refractivity contribution in [1.29, 1.82) is 0 Å². The molecule has 3 rings (SSSR count). The largest absolute Gasteiger partial charge is 0.356 e. The van der Waals surface area contributed by atoms with Crippen LogP contribution in [-0.2, 0) is 17.6 Å². The van der Waals surface area contributed by atoms with Gasteiger partial charge in [-0.25, -0.2) is 17.6 Å². The van der Waals surface area contributed by atoms with Gasteiger partial charge in [-0.05, 0) is 31.2 Å². The maximum absolute atomic E-state index is 14.3. The minimum absolute atomic E-state index is 0.00983. The molecule has 1 aliphatic carbocycles. The van der Waals surface area contributed by atoms with E-state index in [1.165, 1.54) is 0 Å². The lowest BCUT2D eigenvalue weighted by Crippen LogP contribution is -2.40. The predicted molar refractivity (Wildman–Crippen MR) is 90.9 cm³/mol. The van der Waals surface area contributed by atoms with E-state index in [1.54, 1.807) is 11.9 Å². The molecular formula is C19H22F4N2O. The average Bonchev–Trinajstić information content (AvgIpc) is 3.02. The normalized spacial score (nSPS) is 16.8. The number of hydrogen-bond donors (Lipinski definition) is 1. The zero-order valence-corrected chi connectivity index (χ0v) is 14.9. The minimum Gasteiger partial charge on any atom is -0.356 e. The number of unbranched alkanes of at least 4 members (excludes halogenated alkanes) is 2. The third-order valence-corrected chi connectivity index (χ3v) is 5.31. The molecule has 142 valence electrons. The smallest absolute Gasteiger partial charge is 0.222 e. The number of carbonyl (C=O) groups is 1. The van der Waals surface area contributed by atoms with Gasteiger partial charge in [0.15, 0.2) is 23.3 Å². The lowest BCUT2D eigenvalue weighted by atomic mass is 9.90. The standard InChI is InChI=1S/C19H22F4N2O/c1-3-4-5-6-13(26)25(2)10-7-8-12-11(9-10)14-15(20)16(21)17(22)18(23)19(14)24-12/h10,24H,3-9H2,1-2H3. The van der Waals surface area contributed by atoms with Crippen molar-refractivity contribution in [3.05, 3.63) is 34.5 Å². The SMILES string of the molecule is CCCCCC(=O)N(C)C1CCc2[nH]c3c(F)c(F)c(F)c(F)c3c2C1. The van der Waals surface area contributed by atoms with Crippen molar-refractivity contribution in [2.45, 2.75) is 57.9 Å². The van der Waals surface area contributed by atoms with Crippen molar-refractivity contribution in [2.75, 3.05) is 7.05 Å². The van der Waals surface area contributed by atoms with E-state index in [0.29, 0.717) is 30.5 Å². The number of hydrogen-bond acceptors (Lipinski definition) is 1. The van der Waals surface area contributed by atoms with Crippen LogP contribution >= 0.6 is 0 Å². The highest BCUT2D eigenvalue weighted by Crippen LogP contribution is 2.35. The van der Waals surface area contributed by atoms with Gasteiger partial charge in [0.1, 0.15) is 0 Å². The first-order valence-corrected chi connectivity index (χ1v) is 8.97. The first-order chi connectivity index (χ1) is 12.4. The summed E-state index contributed by atoms with van der Waals surface area (Å²) < 4.78 is 55.4. The molecule has 0 fully saturated rings. The van der Waals surface area contributed by atoms with Crippen LogP contribution in [0, 0.1) is 23.3 Å². The van der Waals surface area contributed by atoms with Gasteiger partial charge in [-0.1, -0.05) is 19.8 Å². The van der Waals surface area contributed by atoms with Gasteiger partial charge in [0.25, 0.3) is 0 Å². The van der Waals surface area contributed by atoms with Crippen molar-refractivity contribution in [3.8, 4) is 0 Å². The first kappa shape index (κ1) is 18.7. The summed E-state index contributed by atoms with van der Waals surface area (Å²) in [5.74, 6) is -6.39. The van der Waals surface area contributed by atoms with Crippen molar-refractivity contribution >= 4 is 16.8 Å². The topological polar surface area (TPSA) is 36.1 Å². The van der Waals surface area contributed by atoms with Crippen LogP contribution in [0.25, 0.3) is 10.9 Å². The van der Waals surface area contributed by atoms with Crippen molar-refractivity contribution in [1.82, 2.24) is 9.88 Å². The number of benzene rings is 1. The van der Waals surface area contributed by atoms with Gasteiger partial charge in [-0.2, -0.15) is 0 Å². The lowest BCUT2D eigenvalue weighted by molar-refractivity contribution is -0.132. The van der Waals surface area contributed by atoms with Gasteiger partial charge in [-0.15, -0.1) is 0 Å². The summed E-state index contributed by atoms with van der Waals surface area (Å²) in [6, 6.07) is -0.175. The van der Waals surface area contributed by atoms with E-state index in [0.717, 1.165) is 19.3 Å². The van der Waals surface area contributed by atoms with Crippen molar-refractivity contribution in [3.63, 3.8) is 0 Å². The highest BCUT2D eigenvalue weighted by molar-refractivity contribution is 5.86. The summed E-state index contributed by atoms with van der Waals surface area (Å²) in [5, 5.41) is -0.243. The Labute approximate surface area is 149 Å². The molecule has 0 aliphatic heterocycles. The molecule has 3 nitrogen and oxygen atoms in total. The summed E-state index contributed by atoms with van der Waals surface area (Å²) in [6.45, 7) is 2.06. The monoisotopic (exact) mass is 370 g/mol. The number of fused-ring (bicyclic) bond motifs is 3. The van der Waals surface area contributed by atoms with Crippen LogP contribution < -0.4 is 0 Å². The molecule has 1 unspecified atom stereocenters. The number of nitrogens with one attached hydrogen (secondary N) is 1. The number of H-pyrrole nitrogens is 1. The fraction of sp³-hybridized carbons (Fsp3) is 0.526. The van der Waals surface area contributed by atoms with Crippen LogP contribution in [0.2, 0.25) is 0 Å². The molecule has 1 aromatic heterocycles. The Morgan fingerprint density at radius 2 is 1.81 bits per heavy atom. The second-order valence-electron chi connectivity index (χ2n) is 6.95. The van der Waals surface area contributed by atoms with E-state index in [9.17, 15) is 22.4 Å². The average molecular weight is 370 g/mol. The Kier molecular flexibility index (Phi) is 5.25. The maximum atomic E-state index is 14.3. The van der Waals surface area contributed by atoms with Crippen LogP contribution in [0.5, 0.6) is 0 Å². The number of amides is 1. The summed E-state index contributed by atoms with van der Waals surface area (Å²) in [5.41, 5.74) is 0.662. The van der Waals surface area contributed by atoms with Gasteiger partial charge in [-0.3, -0.25) is 4.79 Å². The van der Waals surface area contributed by atoms with E-state index in [2.05, 4.69) is 11.9 Å². The number of rotatable bonds is 5. The zero-order chi connectivity index (χ0) is 19.0. The summed E-state index contributed by atoms with van der Waals surface area (Å²) >= 11 is 0. The van der Waals surface area contributed by atoms with Gasteiger partial charge in [0, 0.05) is 30.6 Å². The molecule has 7 heteroatoms. The van der Waals surface area contributed by atoms with E-state index >= 15 is 0 Å². The number of aromatic amines is 1. The van der Waals surface area contributed by atoms with Crippen LogP contribution in [0.1, 0.15) is 50.3 Å². The van der Waals surface area contributed by atoms with E-state index < -0.39 is 23.3 Å². The minimum atomic E-state index is -1.81. The molecule has 0 radical (unpaired) electrons. The maximum Gasteiger partial charge on any atom is 0.222 e. The number of nitrogens with zero attached hydrogens (tertiary/aromatic N) is 1. The molecule has 1 heterocycles. The van der Waals surface area contributed by atoms with Gasteiger partial charge < -0.3 is 9.88 Å². The molecule has 26 heavy (non-hydrogen) atoms. The highest BCUT2D eigenvalue weighted by Gasteiger charge is 2.31. The molecule has 1 aliphatic rings. The predicted octanol–water partition coefficient (Wildman–Crippen LogP) is 4.62. The van der Waals surface area contributed by atoms with Gasteiger partial charge in [0.2, 0.25) is 5.91 Å². The van der Waals surface area contributed by atoms with E-state index in [1.807, 2.05) is 0 Å². The van der Waals surface area contributed by atoms with Crippen LogP contribution in [-0.4, -0.2) is 28.9 Å². The molecule has 0 saturated heterocycles. The molecule has 0 bridgehead atoms. The molecular weight excluding hydrogens is 348 g/mol. The summed E-state index contributed by atoms with van der Waals surface area (Å²) in [6.07, 6.45) is 4.64. The third-order valence-electron chi connectivity index (χ3n) is 5.31. The Hall–Kier alpha value is -2.05.